The van der Waals surface area contributed by atoms with Gasteiger partial charge in [-0.05, 0) is 24.3 Å². The molecule has 2 fully saturated rings. The highest BCUT2D eigenvalue weighted by Gasteiger charge is 2.50. The van der Waals surface area contributed by atoms with Gasteiger partial charge in [0.2, 0.25) is 0 Å². The fourth-order valence-electron chi connectivity index (χ4n) is 4.69. The van der Waals surface area contributed by atoms with Crippen LogP contribution in [0.4, 0.5) is 0 Å². The fraction of sp³-hybridized carbons (Fsp3) is 0.467. The molecular weight excluding hydrogens is 632 g/mol. The molecule has 2 aromatic carbocycles. The number of benzene rings is 2. The zero-order chi connectivity index (χ0) is 34.4. The Hall–Kier alpha value is -4.04. The summed E-state index contributed by atoms with van der Waals surface area (Å²) in [6.45, 7) is 0.882. The fourth-order valence-corrected chi connectivity index (χ4v) is 4.69. The minimum absolute atomic E-state index is 0.0928. The second kappa shape index (κ2) is 15.7. The van der Waals surface area contributed by atoms with Crippen LogP contribution in [0.15, 0.2) is 48.5 Å². The second-order valence-corrected chi connectivity index (χ2v) is 10.5. The number of ether oxygens (including phenoxy) is 7. The van der Waals surface area contributed by atoms with E-state index < -0.39 is 98.5 Å². The standard InChI is InChI=1S/C30H34O17/c1-13(31)43-17-9-5-3-7-15(17)27(39)41-11-19-21(33)23(35)25(37)29(45-19)47-30-26(38)24(36)22(34)20(46-30)12-42-28(40)16-8-4-6-10-18(16)44-14(2)32/h3-10,19-26,29-30,33-38H,11-12H2,1-2H3/t19-,20?,21-,22-,23+,24+,25-,26-,29-,30-/m1/s1. The van der Waals surface area contributed by atoms with Crippen LogP contribution in [-0.4, -0.2) is 129 Å². The number of aliphatic hydroxyl groups is 6. The van der Waals surface area contributed by atoms with Gasteiger partial charge in [-0.2, -0.15) is 0 Å². The van der Waals surface area contributed by atoms with Gasteiger partial charge in [0.15, 0.2) is 12.6 Å². The molecule has 1 unspecified atom stereocenters. The van der Waals surface area contributed by atoms with E-state index in [0.29, 0.717) is 0 Å². The van der Waals surface area contributed by atoms with Crippen LogP contribution in [0.25, 0.3) is 0 Å². The third kappa shape index (κ3) is 8.66. The lowest BCUT2D eigenvalue weighted by atomic mass is 9.98. The Morgan fingerprint density at radius 2 is 0.936 bits per heavy atom. The van der Waals surface area contributed by atoms with Crippen molar-refractivity contribution >= 4 is 23.9 Å². The average molecular weight is 667 g/mol. The summed E-state index contributed by atoms with van der Waals surface area (Å²) in [5.74, 6) is -3.53. The lowest BCUT2D eigenvalue weighted by Gasteiger charge is -2.44. The number of aliphatic hydroxyl groups excluding tert-OH is 6. The molecule has 0 spiro atoms. The van der Waals surface area contributed by atoms with E-state index >= 15 is 0 Å². The van der Waals surface area contributed by atoms with E-state index in [-0.39, 0.29) is 22.6 Å². The Kier molecular flexibility index (Phi) is 12.0. The summed E-state index contributed by atoms with van der Waals surface area (Å²) < 4.78 is 36.8. The maximum Gasteiger partial charge on any atom is 0.342 e. The molecule has 6 N–H and O–H groups in total. The van der Waals surface area contributed by atoms with Gasteiger partial charge >= 0.3 is 23.9 Å². The summed E-state index contributed by atoms with van der Waals surface area (Å²) in [4.78, 5) is 48.1. The lowest BCUT2D eigenvalue weighted by Crippen LogP contribution is -2.64. The number of rotatable bonds is 10. The van der Waals surface area contributed by atoms with Gasteiger partial charge in [0, 0.05) is 13.8 Å². The minimum Gasteiger partial charge on any atom is -0.459 e. The Labute approximate surface area is 266 Å². The molecule has 4 rings (SSSR count). The van der Waals surface area contributed by atoms with Crippen LogP contribution >= 0.6 is 0 Å². The maximum atomic E-state index is 12.7. The molecule has 2 saturated heterocycles. The smallest absolute Gasteiger partial charge is 0.342 e. The van der Waals surface area contributed by atoms with Crippen molar-refractivity contribution in [2.24, 2.45) is 0 Å². The Morgan fingerprint density at radius 1 is 0.574 bits per heavy atom. The summed E-state index contributed by atoms with van der Waals surface area (Å²) in [5.41, 5.74) is -0.261. The SMILES string of the molecule is CC(=O)Oc1ccccc1C(=O)OCC1O[C@H](O[C@H]2O[C@H](COC(=O)c3ccccc3OC(C)=O)[C@@H](O)[C@H](O)[C@H]2O)[C@H](O)[C@@H](O)[C@@H]1O. The molecule has 2 aliphatic rings. The molecule has 0 radical (unpaired) electrons. The first-order chi connectivity index (χ1) is 22.3. The molecule has 0 aromatic heterocycles. The van der Waals surface area contributed by atoms with Crippen molar-refractivity contribution < 1.29 is 83.0 Å². The number of hydrogen-bond donors (Lipinski definition) is 6. The van der Waals surface area contributed by atoms with Gasteiger partial charge in [0.05, 0.1) is 0 Å². The predicted octanol–water partition coefficient (Wildman–Crippen LogP) is -1.82. The molecule has 17 nitrogen and oxygen atoms in total. The molecular formula is C30H34O17. The van der Waals surface area contributed by atoms with E-state index in [4.69, 9.17) is 33.2 Å². The van der Waals surface area contributed by atoms with E-state index in [1.165, 1.54) is 48.5 Å². The Balaban J connectivity index is 1.40. The molecule has 2 heterocycles. The van der Waals surface area contributed by atoms with Crippen LogP contribution in [0.5, 0.6) is 11.5 Å². The molecule has 2 aromatic rings. The Morgan fingerprint density at radius 3 is 1.30 bits per heavy atom. The first-order valence-corrected chi connectivity index (χ1v) is 14.2. The zero-order valence-corrected chi connectivity index (χ0v) is 25.0. The van der Waals surface area contributed by atoms with Gasteiger partial charge in [0.25, 0.3) is 0 Å². The average Bonchev–Trinajstić information content (AvgIpc) is 3.03. The van der Waals surface area contributed by atoms with Crippen molar-refractivity contribution in [3.63, 3.8) is 0 Å². The highest BCUT2D eigenvalue weighted by Crippen LogP contribution is 2.29. The number of carbonyl (C=O) groups excluding carboxylic acids is 4. The summed E-state index contributed by atoms with van der Waals surface area (Å²) in [5, 5.41) is 62.9. The van der Waals surface area contributed by atoms with Crippen molar-refractivity contribution in [2.45, 2.75) is 75.3 Å². The minimum atomic E-state index is -1.95. The van der Waals surface area contributed by atoms with E-state index in [0.717, 1.165) is 13.8 Å². The lowest BCUT2D eigenvalue weighted by molar-refractivity contribution is -0.376. The van der Waals surface area contributed by atoms with Gasteiger partial charge in [-0.25, -0.2) is 9.59 Å². The first kappa shape index (κ1) is 35.8. The normalized spacial score (nSPS) is 30.6. The molecule has 0 bridgehead atoms. The third-order valence-corrected chi connectivity index (χ3v) is 7.08. The van der Waals surface area contributed by atoms with Crippen LogP contribution in [0.1, 0.15) is 34.6 Å². The van der Waals surface area contributed by atoms with Gasteiger partial charge in [-0.3, -0.25) is 9.59 Å². The van der Waals surface area contributed by atoms with E-state index in [2.05, 4.69) is 0 Å². The monoisotopic (exact) mass is 666 g/mol. The molecule has 47 heavy (non-hydrogen) atoms. The van der Waals surface area contributed by atoms with E-state index in [1.807, 2.05) is 0 Å². The van der Waals surface area contributed by atoms with Crippen LogP contribution in [0.3, 0.4) is 0 Å². The summed E-state index contributed by atoms with van der Waals surface area (Å²) >= 11 is 0. The van der Waals surface area contributed by atoms with Crippen LogP contribution in [-0.2, 0) is 33.3 Å². The summed E-state index contributed by atoms with van der Waals surface area (Å²) in [6.07, 6.45) is -18.1. The van der Waals surface area contributed by atoms with E-state index in [9.17, 15) is 49.8 Å². The maximum absolute atomic E-state index is 12.7. The molecule has 0 saturated carbocycles. The van der Waals surface area contributed by atoms with Crippen LogP contribution in [0, 0.1) is 0 Å². The predicted molar refractivity (Wildman–Crippen MR) is 151 cm³/mol. The molecule has 10 atom stereocenters. The number of esters is 4. The quantitative estimate of drug-likeness (QED) is 0.121. The molecule has 0 amide bonds. The van der Waals surface area contributed by atoms with E-state index in [1.54, 1.807) is 0 Å². The van der Waals surface area contributed by atoms with Crippen molar-refractivity contribution in [3.8, 4) is 11.5 Å². The third-order valence-electron chi connectivity index (χ3n) is 7.08. The number of carbonyl (C=O) groups is 4. The molecule has 2 aliphatic heterocycles. The highest BCUT2D eigenvalue weighted by molar-refractivity contribution is 5.94. The van der Waals surface area contributed by atoms with Crippen LogP contribution < -0.4 is 9.47 Å². The topological polar surface area (TPSA) is 254 Å². The zero-order valence-electron chi connectivity index (χ0n) is 25.0. The van der Waals surface area contributed by atoms with Crippen molar-refractivity contribution in [1.29, 1.82) is 0 Å². The number of para-hydroxylation sites is 2. The van der Waals surface area contributed by atoms with Crippen LogP contribution in [0.2, 0.25) is 0 Å². The van der Waals surface area contributed by atoms with Crippen molar-refractivity contribution in [1.82, 2.24) is 0 Å². The summed E-state index contributed by atoms with van der Waals surface area (Å²) in [7, 11) is 0. The number of hydrogen-bond acceptors (Lipinski definition) is 17. The van der Waals surface area contributed by atoms with Gasteiger partial charge in [0.1, 0.15) is 84.7 Å². The second-order valence-electron chi connectivity index (χ2n) is 10.5. The van der Waals surface area contributed by atoms with Crippen molar-refractivity contribution in [2.75, 3.05) is 13.2 Å². The Bertz CT molecular complexity index is 1330. The van der Waals surface area contributed by atoms with Gasteiger partial charge in [-0.1, -0.05) is 24.3 Å². The largest absolute Gasteiger partial charge is 0.459 e. The summed E-state index contributed by atoms with van der Waals surface area (Å²) in [6, 6.07) is 11.3. The molecule has 17 heteroatoms. The first-order valence-electron chi connectivity index (χ1n) is 14.2. The molecule has 256 valence electrons. The van der Waals surface area contributed by atoms with Gasteiger partial charge < -0.3 is 63.8 Å². The van der Waals surface area contributed by atoms with Crippen molar-refractivity contribution in [3.05, 3.63) is 59.7 Å². The molecule has 0 aliphatic carbocycles. The van der Waals surface area contributed by atoms with Gasteiger partial charge in [-0.15, -0.1) is 0 Å². The highest BCUT2D eigenvalue weighted by atomic mass is 16.8.